The molecule has 2 rings (SSSR count). The second kappa shape index (κ2) is 13.0. The van der Waals surface area contributed by atoms with E-state index in [9.17, 15) is 4.79 Å². The molecule has 0 atom stereocenters. The van der Waals surface area contributed by atoms with Crippen LogP contribution in [0.5, 0.6) is 0 Å². The van der Waals surface area contributed by atoms with Gasteiger partial charge in [0.15, 0.2) is 5.96 Å². The fourth-order valence-corrected chi connectivity index (χ4v) is 3.76. The average molecular weight is 366 g/mol. The van der Waals surface area contributed by atoms with Crippen LogP contribution in [0.2, 0.25) is 0 Å². The zero-order valence-corrected chi connectivity index (χ0v) is 16.8. The Labute approximate surface area is 159 Å². The summed E-state index contributed by atoms with van der Waals surface area (Å²) < 4.78 is 0. The molecule has 1 amide bonds. The number of rotatable bonds is 8. The van der Waals surface area contributed by atoms with Crippen molar-refractivity contribution in [1.82, 2.24) is 20.4 Å². The van der Waals surface area contributed by atoms with E-state index in [2.05, 4.69) is 27.4 Å². The van der Waals surface area contributed by atoms with E-state index in [4.69, 9.17) is 0 Å². The highest BCUT2D eigenvalue weighted by Crippen LogP contribution is 2.11. The molecule has 0 aliphatic carbocycles. The van der Waals surface area contributed by atoms with E-state index >= 15 is 0 Å². The number of hydrogen-bond donors (Lipinski definition) is 2. The van der Waals surface area contributed by atoms with Gasteiger partial charge in [0.05, 0.1) is 0 Å². The fraction of sp³-hybridized carbons (Fsp3) is 0.900. The smallest absolute Gasteiger partial charge is 0.222 e. The van der Waals surface area contributed by atoms with Gasteiger partial charge >= 0.3 is 0 Å². The van der Waals surface area contributed by atoms with Crippen molar-refractivity contribution in [2.45, 2.75) is 64.7 Å². The highest BCUT2D eigenvalue weighted by molar-refractivity contribution is 5.79. The molecular weight excluding hydrogens is 326 g/mol. The Kier molecular flexibility index (Phi) is 10.5. The van der Waals surface area contributed by atoms with Crippen molar-refractivity contribution < 1.29 is 4.79 Å². The predicted molar refractivity (Wildman–Crippen MR) is 109 cm³/mol. The molecule has 2 fully saturated rings. The molecule has 26 heavy (non-hydrogen) atoms. The number of amides is 1. The molecule has 2 aliphatic heterocycles. The van der Waals surface area contributed by atoms with Crippen LogP contribution in [0.15, 0.2) is 4.99 Å². The van der Waals surface area contributed by atoms with Crippen molar-refractivity contribution in [2.24, 2.45) is 4.99 Å². The minimum Gasteiger partial charge on any atom is -0.357 e. The predicted octanol–water partition coefficient (Wildman–Crippen LogP) is 2.21. The molecule has 0 spiro atoms. The normalized spacial score (nSPS) is 20.6. The Balaban J connectivity index is 1.65. The number of nitrogens with zero attached hydrogens (tertiary/aromatic N) is 3. The molecule has 0 unspecified atom stereocenters. The molecule has 0 radical (unpaired) electrons. The summed E-state index contributed by atoms with van der Waals surface area (Å²) in [6.45, 7) is 10.0. The first-order valence-electron chi connectivity index (χ1n) is 10.8. The van der Waals surface area contributed by atoms with E-state index in [-0.39, 0.29) is 0 Å². The maximum Gasteiger partial charge on any atom is 0.222 e. The molecule has 0 aromatic heterocycles. The molecule has 6 heteroatoms. The summed E-state index contributed by atoms with van der Waals surface area (Å²) in [5, 5.41) is 6.79. The zero-order valence-electron chi connectivity index (χ0n) is 16.8. The summed E-state index contributed by atoms with van der Waals surface area (Å²) >= 11 is 0. The van der Waals surface area contributed by atoms with Crippen molar-refractivity contribution in [2.75, 3.05) is 52.4 Å². The Bertz CT molecular complexity index is 418. The summed E-state index contributed by atoms with van der Waals surface area (Å²) in [4.78, 5) is 21.3. The van der Waals surface area contributed by atoms with Crippen LogP contribution < -0.4 is 10.6 Å². The molecule has 2 saturated heterocycles. The fourth-order valence-electron chi connectivity index (χ4n) is 3.76. The minimum atomic E-state index is 0.328. The number of aliphatic imine (C=N–C) groups is 1. The average Bonchev–Trinajstić information content (AvgIpc) is 3.02. The van der Waals surface area contributed by atoms with Gasteiger partial charge in [-0.1, -0.05) is 19.3 Å². The highest BCUT2D eigenvalue weighted by Gasteiger charge is 2.15. The van der Waals surface area contributed by atoms with Gasteiger partial charge in [-0.15, -0.1) is 0 Å². The Hall–Kier alpha value is -1.30. The second-order valence-corrected chi connectivity index (χ2v) is 7.49. The van der Waals surface area contributed by atoms with E-state index in [1.807, 2.05) is 4.90 Å². The summed E-state index contributed by atoms with van der Waals surface area (Å²) in [6, 6.07) is 0. The third-order valence-corrected chi connectivity index (χ3v) is 5.29. The minimum absolute atomic E-state index is 0.328. The lowest BCUT2D eigenvalue weighted by molar-refractivity contribution is -0.130. The SMILES string of the molecule is CCNC(=NCCCN1CCCCCC1=O)NCCN1CCCCCC1. The first-order chi connectivity index (χ1) is 12.8. The molecular formula is C20H39N5O. The summed E-state index contributed by atoms with van der Waals surface area (Å²) in [7, 11) is 0. The van der Waals surface area contributed by atoms with E-state index in [1.165, 1.54) is 45.2 Å². The summed E-state index contributed by atoms with van der Waals surface area (Å²) in [6.07, 6.45) is 10.5. The van der Waals surface area contributed by atoms with Gasteiger partial charge < -0.3 is 20.4 Å². The maximum absolute atomic E-state index is 12.0. The van der Waals surface area contributed by atoms with Crippen LogP contribution in [0.3, 0.4) is 0 Å². The molecule has 2 heterocycles. The van der Waals surface area contributed by atoms with Gasteiger partial charge in [-0.3, -0.25) is 9.79 Å². The number of hydrogen-bond acceptors (Lipinski definition) is 3. The van der Waals surface area contributed by atoms with E-state index in [0.717, 1.165) is 70.9 Å². The van der Waals surface area contributed by atoms with Crippen LogP contribution in [-0.2, 0) is 4.79 Å². The first kappa shape index (κ1) is 21.0. The first-order valence-corrected chi connectivity index (χ1v) is 10.8. The van der Waals surface area contributed by atoms with Crippen LogP contribution in [0.25, 0.3) is 0 Å². The van der Waals surface area contributed by atoms with E-state index in [1.54, 1.807) is 0 Å². The molecule has 2 aliphatic rings. The van der Waals surface area contributed by atoms with Gasteiger partial charge in [-0.05, 0) is 52.1 Å². The van der Waals surface area contributed by atoms with Gasteiger partial charge in [-0.25, -0.2) is 0 Å². The van der Waals surface area contributed by atoms with Gasteiger partial charge in [0.1, 0.15) is 0 Å². The zero-order chi connectivity index (χ0) is 18.5. The Morgan fingerprint density at radius 1 is 0.962 bits per heavy atom. The van der Waals surface area contributed by atoms with Gasteiger partial charge in [-0.2, -0.15) is 0 Å². The molecule has 0 saturated carbocycles. The molecule has 2 N–H and O–H groups in total. The summed E-state index contributed by atoms with van der Waals surface area (Å²) in [5.41, 5.74) is 0. The van der Waals surface area contributed by atoms with Crippen LogP contribution in [-0.4, -0.2) is 74.0 Å². The van der Waals surface area contributed by atoms with Crippen molar-refractivity contribution in [3.63, 3.8) is 0 Å². The molecule has 0 aromatic carbocycles. The van der Waals surface area contributed by atoms with Crippen LogP contribution in [0.4, 0.5) is 0 Å². The molecule has 6 nitrogen and oxygen atoms in total. The van der Waals surface area contributed by atoms with Gasteiger partial charge in [0.2, 0.25) is 5.91 Å². The van der Waals surface area contributed by atoms with Crippen LogP contribution in [0, 0.1) is 0 Å². The molecule has 0 bridgehead atoms. The second-order valence-electron chi connectivity index (χ2n) is 7.49. The molecule has 150 valence electrons. The Morgan fingerprint density at radius 3 is 2.46 bits per heavy atom. The largest absolute Gasteiger partial charge is 0.357 e. The lowest BCUT2D eigenvalue weighted by atomic mass is 10.2. The standard InChI is InChI=1S/C20H39N5O/c1-2-21-20(23-13-18-24-14-7-3-4-8-15-24)22-12-10-17-25-16-9-5-6-11-19(25)26/h2-18H2,1H3,(H2,21,22,23). The maximum atomic E-state index is 12.0. The van der Waals surface area contributed by atoms with Crippen molar-refractivity contribution in [3.8, 4) is 0 Å². The number of carbonyl (C=O) groups excluding carboxylic acids is 1. The topological polar surface area (TPSA) is 60.0 Å². The Morgan fingerprint density at radius 2 is 1.69 bits per heavy atom. The van der Waals surface area contributed by atoms with E-state index < -0.39 is 0 Å². The highest BCUT2D eigenvalue weighted by atomic mass is 16.2. The third kappa shape index (κ3) is 8.39. The lowest BCUT2D eigenvalue weighted by Crippen LogP contribution is -2.42. The number of guanidine groups is 1. The lowest BCUT2D eigenvalue weighted by Gasteiger charge is -2.21. The summed E-state index contributed by atoms with van der Waals surface area (Å²) in [5.74, 6) is 1.23. The van der Waals surface area contributed by atoms with Crippen molar-refractivity contribution in [3.05, 3.63) is 0 Å². The number of nitrogens with one attached hydrogen (secondary N) is 2. The monoisotopic (exact) mass is 365 g/mol. The third-order valence-electron chi connectivity index (χ3n) is 5.29. The van der Waals surface area contributed by atoms with E-state index in [0.29, 0.717) is 5.91 Å². The molecule has 0 aromatic rings. The van der Waals surface area contributed by atoms with Crippen LogP contribution in [0.1, 0.15) is 64.7 Å². The van der Waals surface area contributed by atoms with Crippen LogP contribution >= 0.6 is 0 Å². The number of carbonyl (C=O) groups is 1. The van der Waals surface area contributed by atoms with Crippen molar-refractivity contribution >= 4 is 11.9 Å². The van der Waals surface area contributed by atoms with Gasteiger partial charge in [0, 0.05) is 45.7 Å². The van der Waals surface area contributed by atoms with Crippen molar-refractivity contribution in [1.29, 1.82) is 0 Å². The quantitative estimate of drug-likeness (QED) is 0.393. The van der Waals surface area contributed by atoms with Gasteiger partial charge in [0.25, 0.3) is 0 Å². The number of likely N-dealkylation sites (tertiary alicyclic amines) is 2.